The summed E-state index contributed by atoms with van der Waals surface area (Å²) in [7, 11) is -1.11. The molecular weight excluding hydrogens is 427 g/mol. The van der Waals surface area contributed by atoms with Crippen molar-refractivity contribution in [1.82, 2.24) is 0 Å². The maximum absolute atomic E-state index is 4.44. The van der Waals surface area contributed by atoms with Gasteiger partial charge in [-0.05, 0) is 50.2 Å². The van der Waals surface area contributed by atoms with Crippen LogP contribution in [0.25, 0.3) is 0 Å². The second-order valence-corrected chi connectivity index (χ2v) is 15.1. The maximum Gasteiger partial charge on any atom is 0.112 e. The van der Waals surface area contributed by atoms with Crippen LogP contribution in [0.1, 0.15) is 148 Å². The molecule has 0 heterocycles. The summed E-state index contributed by atoms with van der Waals surface area (Å²) >= 11 is 0. The van der Waals surface area contributed by atoms with Crippen LogP contribution in [0.5, 0.6) is 0 Å². The largest absolute Gasteiger partial charge is 0.112 e. The Labute approximate surface area is 216 Å². The van der Waals surface area contributed by atoms with Gasteiger partial charge in [-0.2, -0.15) is 0 Å². The van der Waals surface area contributed by atoms with Crippen LogP contribution in [0.2, 0.25) is 0 Å². The molecule has 1 heteroatoms. The zero-order valence-corrected chi connectivity index (χ0v) is 24.4. The van der Waals surface area contributed by atoms with Gasteiger partial charge in [0, 0.05) is 7.26 Å². The Morgan fingerprint density at radius 2 is 0.912 bits per heavy atom. The van der Waals surface area contributed by atoms with Crippen molar-refractivity contribution >= 4 is 7.26 Å². The van der Waals surface area contributed by atoms with Crippen molar-refractivity contribution in [3.8, 4) is 0 Å². The van der Waals surface area contributed by atoms with Crippen molar-refractivity contribution in [3.05, 3.63) is 48.6 Å². The molecule has 0 saturated carbocycles. The molecule has 0 nitrogen and oxygen atoms in total. The highest BCUT2D eigenvalue weighted by Crippen LogP contribution is 2.71. The zero-order valence-electron chi connectivity index (χ0n) is 23.5. The minimum Gasteiger partial charge on any atom is -0.0989 e. The summed E-state index contributed by atoms with van der Waals surface area (Å²) in [5.41, 5.74) is 2.16. The smallest absolute Gasteiger partial charge is 0.0989 e. The number of hydrogen-bond acceptors (Lipinski definition) is 0. The molecular formula is C33H60P+. The summed E-state index contributed by atoms with van der Waals surface area (Å²) in [5, 5.41) is 0. The summed E-state index contributed by atoms with van der Waals surface area (Å²) in [6, 6.07) is 11.5. The molecule has 1 rings (SSSR count). The monoisotopic (exact) mass is 487 g/mol. The fourth-order valence-corrected chi connectivity index (χ4v) is 11.0. The summed E-state index contributed by atoms with van der Waals surface area (Å²) in [6.07, 6.45) is 32.4. The Bertz CT molecular complexity index is 522. The van der Waals surface area contributed by atoms with Gasteiger partial charge in [0.2, 0.25) is 0 Å². The van der Waals surface area contributed by atoms with Gasteiger partial charge >= 0.3 is 0 Å². The van der Waals surface area contributed by atoms with Crippen molar-refractivity contribution in [2.24, 2.45) is 0 Å². The third kappa shape index (κ3) is 13.5. The first-order valence-electron chi connectivity index (χ1n) is 15.3. The van der Waals surface area contributed by atoms with Gasteiger partial charge < -0.3 is 0 Å². The molecule has 1 aromatic rings. The average molecular weight is 488 g/mol. The molecule has 0 saturated heterocycles. The first kappa shape index (κ1) is 31.4. The minimum absolute atomic E-state index is 0.607. The molecule has 0 aromatic heterocycles. The number of rotatable bonds is 24. The van der Waals surface area contributed by atoms with Crippen molar-refractivity contribution in [2.45, 2.75) is 142 Å². The zero-order chi connectivity index (χ0) is 24.7. The van der Waals surface area contributed by atoms with Gasteiger partial charge in [-0.25, -0.2) is 0 Å². The standard InChI is InChI=1S/C33H60P/c1-5-9-12-15-18-24-29-34(30-25-19-16-13-10-6-2,31-26-20-17-14-11-7-3)33(8-4)32-27-22-21-23-28-32/h8,21-23,27-28,33H,4-7,9-20,24-26,29-31H2,1-3H3/q+1. The Morgan fingerprint density at radius 1 is 0.559 bits per heavy atom. The topological polar surface area (TPSA) is 0 Å². The molecule has 0 aliphatic carbocycles. The lowest BCUT2D eigenvalue weighted by Gasteiger charge is -2.34. The van der Waals surface area contributed by atoms with Gasteiger partial charge in [0.25, 0.3) is 0 Å². The van der Waals surface area contributed by atoms with Crippen molar-refractivity contribution < 1.29 is 0 Å². The highest BCUT2D eigenvalue weighted by molar-refractivity contribution is 7.76. The average Bonchev–Trinajstić information content (AvgIpc) is 2.86. The Hall–Kier alpha value is -0.610. The van der Waals surface area contributed by atoms with Crippen LogP contribution < -0.4 is 0 Å². The third-order valence-electron chi connectivity index (χ3n) is 7.83. The summed E-state index contributed by atoms with van der Waals surface area (Å²) in [6.45, 7) is 11.4. The highest BCUT2D eigenvalue weighted by atomic mass is 31.2. The first-order chi connectivity index (χ1) is 16.7. The van der Waals surface area contributed by atoms with E-state index < -0.39 is 7.26 Å². The third-order valence-corrected chi connectivity index (χ3v) is 13.1. The van der Waals surface area contributed by atoms with Crippen LogP contribution in [0.3, 0.4) is 0 Å². The predicted molar refractivity (Wildman–Crippen MR) is 161 cm³/mol. The van der Waals surface area contributed by atoms with E-state index in [4.69, 9.17) is 0 Å². The molecule has 1 aromatic carbocycles. The predicted octanol–water partition coefficient (Wildman–Crippen LogP) is 12.0. The molecule has 1 unspecified atom stereocenters. The van der Waals surface area contributed by atoms with E-state index in [2.05, 4.69) is 63.8 Å². The van der Waals surface area contributed by atoms with Crippen LogP contribution in [-0.4, -0.2) is 18.5 Å². The fourth-order valence-electron chi connectivity index (χ4n) is 5.70. The van der Waals surface area contributed by atoms with E-state index in [1.165, 1.54) is 134 Å². The maximum atomic E-state index is 4.44. The van der Waals surface area contributed by atoms with Crippen molar-refractivity contribution in [2.75, 3.05) is 18.5 Å². The van der Waals surface area contributed by atoms with E-state index in [0.29, 0.717) is 5.66 Å². The molecule has 0 N–H and O–H groups in total. The summed E-state index contributed by atoms with van der Waals surface area (Å²) in [5.74, 6) is 0. The van der Waals surface area contributed by atoms with E-state index >= 15 is 0 Å². The molecule has 34 heavy (non-hydrogen) atoms. The molecule has 196 valence electrons. The lowest BCUT2D eigenvalue weighted by molar-refractivity contribution is 0.614. The molecule has 0 spiro atoms. The van der Waals surface area contributed by atoms with Gasteiger partial charge in [-0.15, -0.1) is 0 Å². The van der Waals surface area contributed by atoms with Gasteiger partial charge in [-0.3, -0.25) is 0 Å². The fraction of sp³-hybridized carbons (Fsp3) is 0.758. The van der Waals surface area contributed by atoms with E-state index in [9.17, 15) is 0 Å². The summed E-state index contributed by atoms with van der Waals surface area (Å²) < 4.78 is 0. The number of benzene rings is 1. The van der Waals surface area contributed by atoms with Gasteiger partial charge in [-0.1, -0.05) is 135 Å². The Balaban J connectivity index is 2.93. The second kappa shape index (κ2) is 21.7. The van der Waals surface area contributed by atoms with Crippen LogP contribution in [0, 0.1) is 0 Å². The van der Waals surface area contributed by atoms with E-state index in [0.717, 1.165) is 0 Å². The normalized spacial score (nSPS) is 12.7. The van der Waals surface area contributed by atoms with Crippen LogP contribution in [0.15, 0.2) is 43.0 Å². The second-order valence-electron chi connectivity index (χ2n) is 10.8. The molecule has 1 atom stereocenters. The molecule has 0 radical (unpaired) electrons. The lowest BCUT2D eigenvalue weighted by atomic mass is 10.1. The quantitative estimate of drug-likeness (QED) is 0.0772. The molecule has 0 bridgehead atoms. The highest BCUT2D eigenvalue weighted by Gasteiger charge is 2.43. The van der Waals surface area contributed by atoms with Crippen LogP contribution in [0.4, 0.5) is 0 Å². The van der Waals surface area contributed by atoms with Crippen molar-refractivity contribution in [1.29, 1.82) is 0 Å². The SMILES string of the molecule is C=CC(c1ccccc1)[P+](CCCCCCCC)(CCCCCCCC)CCCCCCCC. The van der Waals surface area contributed by atoms with E-state index in [-0.39, 0.29) is 0 Å². The number of hydrogen-bond donors (Lipinski definition) is 0. The summed E-state index contributed by atoms with van der Waals surface area (Å²) in [4.78, 5) is 0. The molecule has 0 aliphatic rings. The molecule has 0 fully saturated rings. The first-order valence-corrected chi connectivity index (χ1v) is 17.7. The Kier molecular flexibility index (Phi) is 20.0. The lowest BCUT2D eigenvalue weighted by Crippen LogP contribution is -2.16. The Morgan fingerprint density at radius 3 is 1.26 bits per heavy atom. The van der Waals surface area contributed by atoms with Gasteiger partial charge in [0.1, 0.15) is 5.66 Å². The molecule has 0 amide bonds. The van der Waals surface area contributed by atoms with E-state index in [1.807, 2.05) is 0 Å². The van der Waals surface area contributed by atoms with Crippen molar-refractivity contribution in [3.63, 3.8) is 0 Å². The molecule has 0 aliphatic heterocycles. The number of unbranched alkanes of at least 4 members (excludes halogenated alkanes) is 15. The van der Waals surface area contributed by atoms with Gasteiger partial charge in [0.15, 0.2) is 0 Å². The van der Waals surface area contributed by atoms with Crippen LogP contribution >= 0.6 is 7.26 Å². The van der Waals surface area contributed by atoms with E-state index in [1.54, 1.807) is 5.56 Å². The minimum atomic E-state index is -1.11. The van der Waals surface area contributed by atoms with Gasteiger partial charge in [0.05, 0.1) is 18.5 Å². The number of allylic oxidation sites excluding steroid dienone is 1. The van der Waals surface area contributed by atoms with Crippen LogP contribution in [-0.2, 0) is 0 Å².